The zero-order chi connectivity index (χ0) is 20.1. The summed E-state index contributed by atoms with van der Waals surface area (Å²) in [5, 5.41) is 2.22. The Balaban J connectivity index is 1.58. The number of ether oxygens (including phenoxy) is 2. The maximum Gasteiger partial charge on any atom is 0.411 e. The van der Waals surface area contributed by atoms with E-state index in [1.807, 2.05) is 30.3 Å². The highest BCUT2D eigenvalue weighted by molar-refractivity contribution is 5.88. The van der Waals surface area contributed by atoms with Crippen LogP contribution >= 0.6 is 0 Å². The topological polar surface area (TPSA) is 42.0 Å². The molecule has 1 atom stereocenters. The van der Waals surface area contributed by atoms with Crippen molar-refractivity contribution in [2.75, 3.05) is 32.9 Å². The van der Waals surface area contributed by atoms with Crippen LogP contribution in [0.5, 0.6) is 5.75 Å². The van der Waals surface area contributed by atoms with Crippen molar-refractivity contribution in [1.29, 1.82) is 0 Å². The average Bonchev–Trinajstić information content (AvgIpc) is 2.98. The second-order valence-corrected chi connectivity index (χ2v) is 8.48. The molecule has 5 nitrogen and oxygen atoms in total. The molecule has 0 spiro atoms. The van der Waals surface area contributed by atoms with Crippen molar-refractivity contribution in [3.8, 4) is 5.75 Å². The predicted molar refractivity (Wildman–Crippen MR) is 113 cm³/mol. The minimum absolute atomic E-state index is 0.244. The van der Waals surface area contributed by atoms with E-state index in [9.17, 15) is 4.79 Å². The molecule has 0 bridgehead atoms. The maximum absolute atomic E-state index is 12.3. The zero-order valence-corrected chi connectivity index (χ0v) is 17.4. The first kappa shape index (κ1) is 20.5. The smallest absolute Gasteiger partial charge is 0.411 e. The minimum Gasteiger partial charge on any atom is -0.489 e. The second kappa shape index (κ2) is 9.28. The lowest BCUT2D eigenvalue weighted by Crippen LogP contribution is -2.42. The monoisotopic (exact) mass is 384 g/mol. The number of hydrogen-bond donors (Lipinski definition) is 0. The van der Waals surface area contributed by atoms with Gasteiger partial charge < -0.3 is 9.47 Å². The summed E-state index contributed by atoms with van der Waals surface area (Å²) in [5.74, 6) is 1.94. The molecule has 0 aromatic heterocycles. The Labute approximate surface area is 168 Å². The summed E-state index contributed by atoms with van der Waals surface area (Å²) in [7, 11) is 0. The third-order valence-corrected chi connectivity index (χ3v) is 4.74. The van der Waals surface area contributed by atoms with Crippen LogP contribution in [-0.2, 0) is 4.74 Å². The number of cyclic esters (lactones) is 1. The highest BCUT2D eigenvalue weighted by atomic mass is 16.6. The van der Waals surface area contributed by atoms with Crippen molar-refractivity contribution in [1.82, 2.24) is 9.80 Å². The van der Waals surface area contributed by atoms with E-state index in [2.05, 4.69) is 44.7 Å². The second-order valence-electron chi connectivity index (χ2n) is 8.48. The van der Waals surface area contributed by atoms with Crippen LogP contribution in [0.1, 0.15) is 27.7 Å². The van der Waals surface area contributed by atoms with Crippen molar-refractivity contribution in [3.63, 3.8) is 0 Å². The van der Waals surface area contributed by atoms with Gasteiger partial charge in [0, 0.05) is 18.5 Å². The fraction of sp³-hybridized carbons (Fsp3) is 0.522. The Morgan fingerprint density at radius 3 is 2.46 bits per heavy atom. The number of rotatable bonds is 9. The first-order valence-corrected chi connectivity index (χ1v) is 10.2. The molecule has 1 unspecified atom stereocenters. The summed E-state index contributed by atoms with van der Waals surface area (Å²) in [5.41, 5.74) is 0. The molecular formula is C23H32N2O3. The van der Waals surface area contributed by atoms with Crippen molar-refractivity contribution in [2.24, 2.45) is 11.8 Å². The van der Waals surface area contributed by atoms with Gasteiger partial charge in [-0.05, 0) is 23.3 Å². The van der Waals surface area contributed by atoms with Gasteiger partial charge in [-0.2, -0.15) is 0 Å². The van der Waals surface area contributed by atoms with Crippen molar-refractivity contribution >= 4 is 16.9 Å². The lowest BCUT2D eigenvalue weighted by Gasteiger charge is -2.29. The number of carbonyl (C=O) groups is 1. The molecule has 1 aliphatic rings. The number of hydrogen-bond acceptors (Lipinski definition) is 4. The van der Waals surface area contributed by atoms with Gasteiger partial charge in [-0.25, -0.2) is 4.79 Å². The molecule has 152 valence electrons. The van der Waals surface area contributed by atoms with Gasteiger partial charge in [-0.1, -0.05) is 64.1 Å². The Morgan fingerprint density at radius 2 is 1.75 bits per heavy atom. The standard InChI is InChI=1S/C23H32N2O3/c1-17(2)12-24(13-18(3)4)16-25-14-20(28-23(25)26)15-27-22-11-7-9-19-8-5-6-10-21(19)22/h5-11,17-18,20H,12-16H2,1-4H3. The lowest BCUT2D eigenvalue weighted by molar-refractivity contribution is 0.0980. The molecule has 1 fully saturated rings. The SMILES string of the molecule is CC(C)CN(CC(C)C)CN1CC(COc2cccc3ccccc23)OC1=O. The van der Waals surface area contributed by atoms with E-state index < -0.39 is 0 Å². The molecule has 1 heterocycles. The summed E-state index contributed by atoms with van der Waals surface area (Å²) in [6, 6.07) is 14.2. The van der Waals surface area contributed by atoms with Gasteiger partial charge in [0.15, 0.2) is 6.10 Å². The summed E-state index contributed by atoms with van der Waals surface area (Å²) in [4.78, 5) is 16.5. The van der Waals surface area contributed by atoms with E-state index >= 15 is 0 Å². The highest BCUT2D eigenvalue weighted by Gasteiger charge is 2.33. The highest BCUT2D eigenvalue weighted by Crippen LogP contribution is 2.26. The number of fused-ring (bicyclic) bond motifs is 1. The molecule has 0 radical (unpaired) electrons. The summed E-state index contributed by atoms with van der Waals surface area (Å²) < 4.78 is 11.6. The molecule has 1 aliphatic heterocycles. The zero-order valence-electron chi connectivity index (χ0n) is 17.4. The molecule has 1 saturated heterocycles. The molecule has 2 aromatic carbocycles. The predicted octanol–water partition coefficient (Wildman–Crippen LogP) is 4.61. The number of amides is 1. The summed E-state index contributed by atoms with van der Waals surface area (Å²) >= 11 is 0. The maximum atomic E-state index is 12.3. The van der Waals surface area contributed by atoms with Crippen LogP contribution in [0.4, 0.5) is 4.79 Å². The van der Waals surface area contributed by atoms with Gasteiger partial charge in [0.1, 0.15) is 12.4 Å². The molecule has 28 heavy (non-hydrogen) atoms. The molecule has 5 heteroatoms. The Kier molecular flexibility index (Phi) is 6.79. The molecule has 0 aliphatic carbocycles. The third-order valence-electron chi connectivity index (χ3n) is 4.74. The normalized spacial score (nSPS) is 17.2. The van der Waals surface area contributed by atoms with E-state index in [4.69, 9.17) is 9.47 Å². The molecule has 3 rings (SSSR count). The van der Waals surface area contributed by atoms with Crippen LogP contribution in [0.3, 0.4) is 0 Å². The van der Waals surface area contributed by atoms with Crippen LogP contribution in [0.2, 0.25) is 0 Å². The molecule has 1 amide bonds. The van der Waals surface area contributed by atoms with E-state index in [0.717, 1.165) is 29.6 Å². The summed E-state index contributed by atoms with van der Waals surface area (Å²) in [6.45, 7) is 12.3. The van der Waals surface area contributed by atoms with E-state index in [-0.39, 0.29) is 12.2 Å². The van der Waals surface area contributed by atoms with E-state index in [1.165, 1.54) is 0 Å². The van der Waals surface area contributed by atoms with Crippen molar-refractivity contribution in [3.05, 3.63) is 42.5 Å². The fourth-order valence-corrected chi connectivity index (χ4v) is 3.75. The Morgan fingerprint density at radius 1 is 1.07 bits per heavy atom. The van der Waals surface area contributed by atoms with Gasteiger partial charge in [0.05, 0.1) is 13.2 Å². The first-order chi connectivity index (χ1) is 13.4. The molecule has 0 saturated carbocycles. The van der Waals surface area contributed by atoms with E-state index in [1.54, 1.807) is 4.90 Å². The third kappa shape index (κ3) is 5.38. The largest absolute Gasteiger partial charge is 0.489 e. The van der Waals surface area contributed by atoms with Gasteiger partial charge in [0.25, 0.3) is 0 Å². The van der Waals surface area contributed by atoms with Crippen molar-refractivity contribution < 1.29 is 14.3 Å². The number of benzene rings is 2. The van der Waals surface area contributed by atoms with Gasteiger partial charge in [-0.3, -0.25) is 9.80 Å². The number of nitrogens with zero attached hydrogens (tertiary/aromatic N) is 2. The van der Waals surface area contributed by atoms with Crippen LogP contribution in [0.25, 0.3) is 10.8 Å². The summed E-state index contributed by atoms with van der Waals surface area (Å²) in [6.07, 6.45) is -0.490. The Hall–Kier alpha value is -2.27. The lowest BCUT2D eigenvalue weighted by atomic mass is 10.1. The van der Waals surface area contributed by atoms with E-state index in [0.29, 0.717) is 31.7 Å². The van der Waals surface area contributed by atoms with Crippen LogP contribution < -0.4 is 4.74 Å². The van der Waals surface area contributed by atoms with Crippen LogP contribution in [0, 0.1) is 11.8 Å². The molecular weight excluding hydrogens is 352 g/mol. The van der Waals surface area contributed by atoms with Crippen LogP contribution in [0.15, 0.2) is 42.5 Å². The van der Waals surface area contributed by atoms with Gasteiger partial charge >= 0.3 is 6.09 Å². The van der Waals surface area contributed by atoms with Crippen LogP contribution in [-0.4, -0.2) is 54.9 Å². The first-order valence-electron chi connectivity index (χ1n) is 10.2. The Bertz CT molecular complexity index is 775. The molecule has 0 N–H and O–H groups in total. The minimum atomic E-state index is -0.246. The molecule has 2 aromatic rings. The average molecular weight is 385 g/mol. The fourth-order valence-electron chi connectivity index (χ4n) is 3.75. The number of carbonyl (C=O) groups excluding carboxylic acids is 1. The van der Waals surface area contributed by atoms with Gasteiger partial charge in [0.2, 0.25) is 0 Å². The van der Waals surface area contributed by atoms with Crippen molar-refractivity contribution in [2.45, 2.75) is 33.8 Å². The van der Waals surface area contributed by atoms with Gasteiger partial charge in [-0.15, -0.1) is 0 Å². The quantitative estimate of drug-likeness (QED) is 0.633.